The molecule has 0 radical (unpaired) electrons. The van der Waals surface area contributed by atoms with Gasteiger partial charge in [0.15, 0.2) is 5.96 Å². The molecule has 0 aliphatic carbocycles. The maximum Gasteiger partial charge on any atom is 0.190 e. The standard InChI is InChI=1S/C17H27BrN4.HI/c1-13(2)10-20-17(19-3)21-11-14-8-9-22(12-14)16-6-4-15(18)5-7-16;/h4-7,13-14H,8-12H2,1-3H3,(H2,19,20,21);1H. The summed E-state index contributed by atoms with van der Waals surface area (Å²) in [6.07, 6.45) is 1.23. The van der Waals surface area contributed by atoms with Gasteiger partial charge in [-0.25, -0.2) is 0 Å². The van der Waals surface area contributed by atoms with Crippen LogP contribution in [0.25, 0.3) is 0 Å². The molecule has 1 unspecified atom stereocenters. The Morgan fingerprint density at radius 2 is 2.00 bits per heavy atom. The van der Waals surface area contributed by atoms with E-state index in [0.717, 1.165) is 36.6 Å². The fourth-order valence-corrected chi connectivity index (χ4v) is 2.91. The Balaban J connectivity index is 0.00000264. The van der Waals surface area contributed by atoms with Crippen molar-refractivity contribution in [1.29, 1.82) is 0 Å². The van der Waals surface area contributed by atoms with Gasteiger partial charge in [0.25, 0.3) is 0 Å². The molecule has 130 valence electrons. The zero-order valence-corrected chi connectivity index (χ0v) is 18.1. The molecule has 0 amide bonds. The van der Waals surface area contributed by atoms with Crippen LogP contribution in [-0.4, -0.2) is 39.2 Å². The molecular weight excluding hydrogens is 467 g/mol. The van der Waals surface area contributed by atoms with Gasteiger partial charge in [-0.2, -0.15) is 0 Å². The SMILES string of the molecule is CN=C(NCC(C)C)NCC1CCN(c2ccc(Br)cc2)C1.I. The molecule has 23 heavy (non-hydrogen) atoms. The van der Waals surface area contributed by atoms with Crippen LogP contribution >= 0.6 is 39.9 Å². The second kappa shape index (κ2) is 10.4. The summed E-state index contributed by atoms with van der Waals surface area (Å²) in [5.74, 6) is 2.20. The molecular formula is C17H28BrIN4. The second-order valence-electron chi connectivity index (χ2n) is 6.30. The van der Waals surface area contributed by atoms with Crippen molar-refractivity contribution < 1.29 is 0 Å². The molecule has 0 spiro atoms. The molecule has 1 aromatic carbocycles. The molecule has 1 fully saturated rings. The van der Waals surface area contributed by atoms with Gasteiger partial charge in [-0.3, -0.25) is 4.99 Å². The molecule has 0 saturated carbocycles. The number of hydrogen-bond donors (Lipinski definition) is 2. The van der Waals surface area contributed by atoms with Crippen LogP contribution in [0.1, 0.15) is 20.3 Å². The van der Waals surface area contributed by atoms with Gasteiger partial charge in [0.05, 0.1) is 0 Å². The summed E-state index contributed by atoms with van der Waals surface area (Å²) in [5, 5.41) is 6.81. The van der Waals surface area contributed by atoms with E-state index in [2.05, 4.69) is 74.6 Å². The predicted octanol–water partition coefficient (Wildman–Crippen LogP) is 3.71. The normalized spacial score (nSPS) is 18.0. The third-order valence-electron chi connectivity index (χ3n) is 3.94. The number of aliphatic imine (C=N–C) groups is 1. The van der Waals surface area contributed by atoms with Crippen molar-refractivity contribution in [3.63, 3.8) is 0 Å². The Morgan fingerprint density at radius 3 is 2.61 bits per heavy atom. The number of anilines is 1. The lowest BCUT2D eigenvalue weighted by Gasteiger charge is -2.20. The number of hydrogen-bond acceptors (Lipinski definition) is 2. The first-order valence-corrected chi connectivity index (χ1v) is 8.83. The molecule has 4 nitrogen and oxygen atoms in total. The van der Waals surface area contributed by atoms with Gasteiger partial charge >= 0.3 is 0 Å². The summed E-state index contributed by atoms with van der Waals surface area (Å²) in [5.41, 5.74) is 1.31. The van der Waals surface area contributed by atoms with Crippen molar-refractivity contribution in [2.45, 2.75) is 20.3 Å². The monoisotopic (exact) mass is 494 g/mol. The number of benzene rings is 1. The van der Waals surface area contributed by atoms with E-state index in [4.69, 9.17) is 0 Å². The Bertz CT molecular complexity index is 490. The molecule has 1 heterocycles. The average molecular weight is 495 g/mol. The summed E-state index contributed by atoms with van der Waals surface area (Å²) in [6, 6.07) is 8.59. The predicted molar refractivity (Wildman–Crippen MR) is 114 cm³/mol. The fourth-order valence-electron chi connectivity index (χ4n) is 2.65. The van der Waals surface area contributed by atoms with Crippen LogP contribution in [0.2, 0.25) is 0 Å². The number of guanidine groups is 1. The van der Waals surface area contributed by atoms with Crippen LogP contribution in [0.3, 0.4) is 0 Å². The molecule has 1 aliphatic heterocycles. The van der Waals surface area contributed by atoms with Gasteiger partial charge in [-0.05, 0) is 42.5 Å². The van der Waals surface area contributed by atoms with Crippen LogP contribution in [0.5, 0.6) is 0 Å². The first-order valence-electron chi connectivity index (χ1n) is 8.03. The van der Waals surface area contributed by atoms with Gasteiger partial charge in [-0.1, -0.05) is 29.8 Å². The Kier molecular flexibility index (Phi) is 9.27. The van der Waals surface area contributed by atoms with E-state index in [1.807, 2.05) is 7.05 Å². The zero-order valence-electron chi connectivity index (χ0n) is 14.2. The number of halogens is 2. The molecule has 1 aliphatic rings. The van der Waals surface area contributed by atoms with Crippen molar-refractivity contribution in [3.05, 3.63) is 28.7 Å². The zero-order chi connectivity index (χ0) is 15.9. The van der Waals surface area contributed by atoms with Crippen LogP contribution in [0, 0.1) is 11.8 Å². The van der Waals surface area contributed by atoms with E-state index < -0.39 is 0 Å². The van der Waals surface area contributed by atoms with Crippen LogP contribution < -0.4 is 15.5 Å². The Morgan fingerprint density at radius 1 is 1.30 bits per heavy atom. The lowest BCUT2D eigenvalue weighted by atomic mass is 10.1. The van der Waals surface area contributed by atoms with E-state index in [0.29, 0.717) is 11.8 Å². The summed E-state index contributed by atoms with van der Waals surface area (Å²) < 4.78 is 1.13. The van der Waals surface area contributed by atoms with Crippen molar-refractivity contribution in [1.82, 2.24) is 10.6 Å². The van der Waals surface area contributed by atoms with E-state index >= 15 is 0 Å². The van der Waals surface area contributed by atoms with Gasteiger partial charge in [0, 0.05) is 43.4 Å². The van der Waals surface area contributed by atoms with E-state index in [-0.39, 0.29) is 24.0 Å². The van der Waals surface area contributed by atoms with E-state index in [9.17, 15) is 0 Å². The summed E-state index contributed by atoms with van der Waals surface area (Å²) in [7, 11) is 1.83. The van der Waals surface area contributed by atoms with Crippen LogP contribution in [0.15, 0.2) is 33.7 Å². The lowest BCUT2D eigenvalue weighted by Crippen LogP contribution is -2.41. The minimum atomic E-state index is 0. The summed E-state index contributed by atoms with van der Waals surface area (Å²) >= 11 is 3.49. The summed E-state index contributed by atoms with van der Waals surface area (Å²) in [4.78, 5) is 6.74. The first kappa shape index (κ1) is 20.5. The minimum absolute atomic E-state index is 0. The van der Waals surface area contributed by atoms with Gasteiger partial charge in [0.1, 0.15) is 0 Å². The highest BCUT2D eigenvalue weighted by Gasteiger charge is 2.22. The topological polar surface area (TPSA) is 39.7 Å². The smallest absolute Gasteiger partial charge is 0.190 e. The number of nitrogens with one attached hydrogen (secondary N) is 2. The first-order chi connectivity index (χ1) is 10.6. The maximum atomic E-state index is 4.28. The van der Waals surface area contributed by atoms with Crippen molar-refractivity contribution >= 4 is 51.6 Å². The Hall–Kier alpha value is -0.500. The molecule has 1 aromatic rings. The van der Waals surface area contributed by atoms with Crippen molar-refractivity contribution in [2.24, 2.45) is 16.8 Å². The van der Waals surface area contributed by atoms with E-state index in [1.54, 1.807) is 0 Å². The summed E-state index contributed by atoms with van der Waals surface area (Å²) in [6.45, 7) is 8.57. The largest absolute Gasteiger partial charge is 0.371 e. The fraction of sp³-hybridized carbons (Fsp3) is 0.588. The molecule has 6 heteroatoms. The van der Waals surface area contributed by atoms with Gasteiger partial charge < -0.3 is 15.5 Å². The van der Waals surface area contributed by atoms with Gasteiger partial charge in [-0.15, -0.1) is 24.0 Å². The van der Waals surface area contributed by atoms with Gasteiger partial charge in [0.2, 0.25) is 0 Å². The van der Waals surface area contributed by atoms with Crippen LogP contribution in [-0.2, 0) is 0 Å². The number of rotatable bonds is 5. The van der Waals surface area contributed by atoms with Crippen molar-refractivity contribution in [2.75, 3.05) is 38.1 Å². The Labute approximate surface area is 165 Å². The average Bonchev–Trinajstić information content (AvgIpc) is 2.97. The van der Waals surface area contributed by atoms with E-state index in [1.165, 1.54) is 12.1 Å². The number of nitrogens with zero attached hydrogens (tertiary/aromatic N) is 2. The molecule has 0 bridgehead atoms. The third-order valence-corrected chi connectivity index (χ3v) is 4.47. The minimum Gasteiger partial charge on any atom is -0.371 e. The molecule has 2 rings (SSSR count). The molecule has 1 atom stereocenters. The third kappa shape index (κ3) is 6.87. The molecule has 0 aromatic heterocycles. The highest BCUT2D eigenvalue weighted by Crippen LogP contribution is 2.24. The quantitative estimate of drug-likeness (QED) is 0.372. The second-order valence-corrected chi connectivity index (χ2v) is 7.22. The molecule has 1 saturated heterocycles. The van der Waals surface area contributed by atoms with Crippen molar-refractivity contribution in [3.8, 4) is 0 Å². The van der Waals surface area contributed by atoms with Crippen LogP contribution in [0.4, 0.5) is 5.69 Å². The maximum absolute atomic E-state index is 4.28. The molecule has 2 N–H and O–H groups in total. The highest BCUT2D eigenvalue weighted by molar-refractivity contribution is 14.0. The highest BCUT2D eigenvalue weighted by atomic mass is 127. The lowest BCUT2D eigenvalue weighted by molar-refractivity contribution is 0.557.